The van der Waals surface area contributed by atoms with E-state index in [2.05, 4.69) is 21.2 Å². The van der Waals surface area contributed by atoms with Crippen LogP contribution in [-0.4, -0.2) is 43.0 Å². The quantitative estimate of drug-likeness (QED) is 0.882. The Bertz CT molecular complexity index is 535. The fourth-order valence-corrected chi connectivity index (χ4v) is 2.85. The summed E-state index contributed by atoms with van der Waals surface area (Å²) in [4.78, 5) is 26.0. The van der Waals surface area contributed by atoms with E-state index in [1.807, 2.05) is 31.2 Å². The van der Waals surface area contributed by atoms with Crippen molar-refractivity contribution in [2.75, 3.05) is 25.6 Å². The predicted octanol–water partition coefficient (Wildman–Crippen LogP) is 2.27. The lowest BCUT2D eigenvalue weighted by Crippen LogP contribution is -2.38. The van der Waals surface area contributed by atoms with Gasteiger partial charge in [-0.1, -0.05) is 12.1 Å². The summed E-state index contributed by atoms with van der Waals surface area (Å²) >= 11 is 3.39. The molecule has 0 spiro atoms. The maximum Gasteiger partial charge on any atom is 0.229 e. The Balaban J connectivity index is 1.99. The molecular weight excluding hydrogens is 336 g/mol. The van der Waals surface area contributed by atoms with Gasteiger partial charge >= 0.3 is 0 Å². The van der Waals surface area contributed by atoms with Crippen molar-refractivity contribution in [2.24, 2.45) is 5.92 Å². The number of halogens is 1. The van der Waals surface area contributed by atoms with Gasteiger partial charge in [-0.25, -0.2) is 0 Å². The number of benzene rings is 1. The minimum absolute atomic E-state index is 0.00632. The number of ether oxygens (including phenoxy) is 1. The van der Waals surface area contributed by atoms with Crippen LogP contribution in [0.2, 0.25) is 0 Å². The molecule has 1 saturated heterocycles. The summed E-state index contributed by atoms with van der Waals surface area (Å²) in [5, 5.41) is 2.87. The van der Waals surface area contributed by atoms with Gasteiger partial charge in [0.05, 0.1) is 24.3 Å². The van der Waals surface area contributed by atoms with Crippen LogP contribution in [0.25, 0.3) is 0 Å². The fraction of sp³-hybridized carbons (Fsp3) is 0.467. The van der Waals surface area contributed by atoms with E-state index in [4.69, 9.17) is 4.74 Å². The van der Waals surface area contributed by atoms with E-state index in [0.29, 0.717) is 13.2 Å². The summed E-state index contributed by atoms with van der Waals surface area (Å²) in [5.74, 6) is -0.432. The monoisotopic (exact) mass is 354 g/mol. The third kappa shape index (κ3) is 3.83. The highest BCUT2D eigenvalue weighted by Gasteiger charge is 2.36. The number of carbonyl (C=O) groups excluding carboxylic acids is 2. The summed E-state index contributed by atoms with van der Waals surface area (Å²) in [7, 11) is 1.61. The standard InChI is InChI=1S/C15H19BrN2O3/c1-10(9-21-2)18-8-11(7-14(18)19)15(20)17-13-6-4-3-5-12(13)16/h3-6,10-11H,7-9H2,1-2H3,(H,17,20)/t10-,11-/m1/s1. The highest BCUT2D eigenvalue weighted by atomic mass is 79.9. The Morgan fingerprint density at radius 2 is 2.24 bits per heavy atom. The van der Waals surface area contributed by atoms with Crippen LogP contribution in [0.5, 0.6) is 0 Å². The van der Waals surface area contributed by atoms with Gasteiger partial charge in [-0.3, -0.25) is 9.59 Å². The predicted molar refractivity (Wildman–Crippen MR) is 83.9 cm³/mol. The topological polar surface area (TPSA) is 58.6 Å². The Morgan fingerprint density at radius 1 is 1.52 bits per heavy atom. The molecule has 0 aliphatic carbocycles. The molecule has 1 fully saturated rings. The second kappa shape index (κ2) is 7.04. The molecule has 1 aromatic rings. The Hall–Kier alpha value is -1.40. The van der Waals surface area contributed by atoms with E-state index in [0.717, 1.165) is 10.2 Å². The molecule has 1 aliphatic heterocycles. The number of nitrogens with one attached hydrogen (secondary N) is 1. The van der Waals surface area contributed by atoms with Crippen LogP contribution < -0.4 is 5.32 Å². The van der Waals surface area contributed by atoms with Gasteiger partial charge in [0.2, 0.25) is 11.8 Å². The van der Waals surface area contributed by atoms with Crippen LogP contribution in [0, 0.1) is 5.92 Å². The molecular formula is C15H19BrN2O3. The molecule has 114 valence electrons. The molecule has 2 rings (SSSR count). The van der Waals surface area contributed by atoms with Gasteiger partial charge in [-0.2, -0.15) is 0 Å². The van der Waals surface area contributed by atoms with Crippen molar-refractivity contribution < 1.29 is 14.3 Å². The minimum Gasteiger partial charge on any atom is -0.383 e. The molecule has 1 aromatic carbocycles. The van der Waals surface area contributed by atoms with Crippen LogP contribution in [0.1, 0.15) is 13.3 Å². The van der Waals surface area contributed by atoms with E-state index in [-0.39, 0.29) is 30.2 Å². The Morgan fingerprint density at radius 3 is 2.90 bits per heavy atom. The Kier molecular flexibility index (Phi) is 5.36. The number of nitrogens with zero attached hydrogens (tertiary/aromatic N) is 1. The van der Waals surface area contributed by atoms with Gasteiger partial charge in [0.25, 0.3) is 0 Å². The summed E-state index contributed by atoms with van der Waals surface area (Å²) < 4.78 is 5.90. The van der Waals surface area contributed by atoms with Gasteiger partial charge in [-0.05, 0) is 35.0 Å². The summed E-state index contributed by atoms with van der Waals surface area (Å²) in [5.41, 5.74) is 0.721. The second-order valence-corrected chi connectivity index (χ2v) is 6.07. The molecule has 2 amide bonds. The van der Waals surface area contributed by atoms with Gasteiger partial charge < -0.3 is 15.0 Å². The number of methoxy groups -OCH3 is 1. The van der Waals surface area contributed by atoms with Crippen LogP contribution in [0.4, 0.5) is 5.69 Å². The number of carbonyl (C=O) groups is 2. The molecule has 0 bridgehead atoms. The molecule has 0 saturated carbocycles. The number of anilines is 1. The van der Waals surface area contributed by atoms with Crippen LogP contribution >= 0.6 is 15.9 Å². The fourth-order valence-electron chi connectivity index (χ4n) is 2.46. The summed E-state index contributed by atoms with van der Waals surface area (Å²) in [6.07, 6.45) is 0.254. The molecule has 0 radical (unpaired) electrons. The maximum atomic E-state index is 12.3. The molecule has 1 heterocycles. The van der Waals surface area contributed by atoms with E-state index in [9.17, 15) is 9.59 Å². The third-order valence-electron chi connectivity index (χ3n) is 3.60. The lowest BCUT2D eigenvalue weighted by molar-refractivity contribution is -0.130. The first-order valence-corrected chi connectivity index (χ1v) is 7.66. The van der Waals surface area contributed by atoms with E-state index in [1.165, 1.54) is 0 Å². The number of hydrogen-bond donors (Lipinski definition) is 1. The first kappa shape index (κ1) is 16.0. The molecule has 2 atom stereocenters. The van der Waals surface area contributed by atoms with Crippen molar-refractivity contribution in [3.8, 4) is 0 Å². The zero-order valence-corrected chi connectivity index (χ0v) is 13.7. The number of amides is 2. The lowest BCUT2D eigenvalue weighted by atomic mass is 10.1. The third-order valence-corrected chi connectivity index (χ3v) is 4.29. The molecule has 1 aliphatic rings. The zero-order valence-electron chi connectivity index (χ0n) is 12.1. The van der Waals surface area contributed by atoms with Crippen molar-refractivity contribution in [3.63, 3.8) is 0 Å². The summed E-state index contributed by atoms with van der Waals surface area (Å²) in [6.45, 7) is 2.85. The number of rotatable bonds is 5. The van der Waals surface area contributed by atoms with E-state index >= 15 is 0 Å². The number of hydrogen-bond acceptors (Lipinski definition) is 3. The van der Waals surface area contributed by atoms with Gasteiger partial charge in [-0.15, -0.1) is 0 Å². The van der Waals surface area contributed by atoms with E-state index in [1.54, 1.807) is 12.0 Å². The van der Waals surface area contributed by atoms with Crippen LogP contribution in [-0.2, 0) is 14.3 Å². The highest BCUT2D eigenvalue weighted by molar-refractivity contribution is 9.10. The van der Waals surface area contributed by atoms with Crippen LogP contribution in [0.15, 0.2) is 28.7 Å². The molecule has 21 heavy (non-hydrogen) atoms. The first-order chi connectivity index (χ1) is 10.0. The van der Waals surface area contributed by atoms with Gasteiger partial charge in [0.15, 0.2) is 0 Å². The van der Waals surface area contributed by atoms with Gasteiger partial charge in [0, 0.05) is 24.5 Å². The van der Waals surface area contributed by atoms with E-state index < -0.39 is 0 Å². The van der Waals surface area contributed by atoms with Crippen molar-refractivity contribution in [1.29, 1.82) is 0 Å². The van der Waals surface area contributed by atoms with Crippen molar-refractivity contribution >= 4 is 33.4 Å². The molecule has 6 heteroatoms. The first-order valence-electron chi connectivity index (χ1n) is 6.86. The maximum absolute atomic E-state index is 12.3. The Labute approximate surface area is 132 Å². The minimum atomic E-state index is -0.316. The SMILES string of the molecule is COC[C@@H](C)N1C[C@H](C(=O)Nc2ccccc2Br)CC1=O. The molecule has 0 unspecified atom stereocenters. The van der Waals surface area contributed by atoms with Crippen molar-refractivity contribution in [3.05, 3.63) is 28.7 Å². The smallest absolute Gasteiger partial charge is 0.229 e. The molecule has 0 aromatic heterocycles. The van der Waals surface area contributed by atoms with Crippen molar-refractivity contribution in [2.45, 2.75) is 19.4 Å². The summed E-state index contributed by atoms with van der Waals surface area (Å²) in [6, 6.07) is 7.41. The number of para-hydroxylation sites is 1. The normalized spacial score (nSPS) is 19.7. The van der Waals surface area contributed by atoms with Crippen molar-refractivity contribution in [1.82, 2.24) is 4.90 Å². The highest BCUT2D eigenvalue weighted by Crippen LogP contribution is 2.25. The average molecular weight is 355 g/mol. The van der Waals surface area contributed by atoms with Gasteiger partial charge in [0.1, 0.15) is 0 Å². The average Bonchev–Trinajstić information content (AvgIpc) is 2.84. The number of likely N-dealkylation sites (tertiary alicyclic amines) is 1. The second-order valence-electron chi connectivity index (χ2n) is 5.22. The lowest BCUT2D eigenvalue weighted by Gasteiger charge is -2.23. The zero-order chi connectivity index (χ0) is 15.4. The van der Waals surface area contributed by atoms with Crippen LogP contribution in [0.3, 0.4) is 0 Å². The molecule has 1 N–H and O–H groups in total. The largest absolute Gasteiger partial charge is 0.383 e. The molecule has 5 nitrogen and oxygen atoms in total.